The maximum atomic E-state index is 5.71. The molecule has 0 bridgehead atoms. The molecular weight excluding hydrogens is 308 g/mol. The van der Waals surface area contributed by atoms with E-state index in [1.807, 2.05) is 18.4 Å². The Hall–Kier alpha value is 0.140. The molecule has 1 nitrogen and oxygen atoms in total. The molecular formula is C15H23BrOS. The van der Waals surface area contributed by atoms with Gasteiger partial charge in [-0.1, -0.05) is 36.7 Å². The number of methoxy groups -OCH3 is 1. The standard InChI is InChI=1S/C15H23BrOS/c1-14(2,3)13-7-6-12(18-13)11(16)10-15(17-4)8-5-9-15/h6-7,11H,5,8-10H2,1-4H3. The molecule has 3 heteroatoms. The second-order valence-electron chi connectivity index (χ2n) is 6.36. The maximum Gasteiger partial charge on any atom is 0.0693 e. The quantitative estimate of drug-likeness (QED) is 0.668. The molecule has 0 aliphatic heterocycles. The highest BCUT2D eigenvalue weighted by atomic mass is 79.9. The SMILES string of the molecule is COC1(CC(Br)c2ccc(C(C)(C)C)s2)CCC1. The molecule has 1 atom stereocenters. The van der Waals surface area contributed by atoms with Gasteiger partial charge in [0, 0.05) is 16.9 Å². The number of alkyl halides is 1. The number of hydrogen-bond donors (Lipinski definition) is 0. The number of hydrogen-bond acceptors (Lipinski definition) is 2. The first kappa shape index (κ1) is 14.5. The molecule has 1 aromatic rings. The molecule has 102 valence electrons. The summed E-state index contributed by atoms with van der Waals surface area (Å²) in [5, 5.41) is 0. The van der Waals surface area contributed by atoms with E-state index in [1.165, 1.54) is 29.0 Å². The van der Waals surface area contributed by atoms with E-state index in [1.54, 1.807) is 0 Å². The van der Waals surface area contributed by atoms with Crippen LogP contribution in [0.2, 0.25) is 0 Å². The van der Waals surface area contributed by atoms with Crippen molar-refractivity contribution in [2.24, 2.45) is 0 Å². The van der Waals surface area contributed by atoms with Gasteiger partial charge < -0.3 is 4.74 Å². The van der Waals surface area contributed by atoms with Crippen LogP contribution >= 0.6 is 27.3 Å². The van der Waals surface area contributed by atoms with Crippen LogP contribution in [-0.4, -0.2) is 12.7 Å². The van der Waals surface area contributed by atoms with Crippen LogP contribution in [0.1, 0.15) is 61.0 Å². The summed E-state index contributed by atoms with van der Waals surface area (Å²) in [6, 6.07) is 4.54. The Morgan fingerprint density at radius 1 is 1.39 bits per heavy atom. The molecule has 0 amide bonds. The Bertz CT molecular complexity index is 395. The minimum Gasteiger partial charge on any atom is -0.378 e. The van der Waals surface area contributed by atoms with Gasteiger partial charge in [0.1, 0.15) is 0 Å². The smallest absolute Gasteiger partial charge is 0.0693 e. The summed E-state index contributed by atoms with van der Waals surface area (Å²) in [7, 11) is 1.86. The summed E-state index contributed by atoms with van der Waals surface area (Å²) < 4.78 is 5.71. The largest absolute Gasteiger partial charge is 0.378 e. The third-order valence-electron chi connectivity index (χ3n) is 3.92. The van der Waals surface area contributed by atoms with E-state index in [9.17, 15) is 0 Å². The molecule has 0 saturated heterocycles. The molecule has 1 aromatic heterocycles. The third-order valence-corrected chi connectivity index (χ3v) is 6.67. The zero-order valence-corrected chi connectivity index (χ0v) is 14.2. The Balaban J connectivity index is 2.05. The minimum atomic E-state index is 0.139. The summed E-state index contributed by atoms with van der Waals surface area (Å²) in [5.41, 5.74) is 0.394. The van der Waals surface area contributed by atoms with Crippen LogP contribution in [-0.2, 0) is 10.2 Å². The van der Waals surface area contributed by atoms with E-state index in [4.69, 9.17) is 4.74 Å². The van der Waals surface area contributed by atoms with Crippen molar-refractivity contribution in [2.45, 2.75) is 62.3 Å². The zero-order valence-electron chi connectivity index (χ0n) is 11.8. The van der Waals surface area contributed by atoms with Gasteiger partial charge in [0.05, 0.1) is 10.4 Å². The van der Waals surface area contributed by atoms with Crippen molar-refractivity contribution in [3.05, 3.63) is 21.9 Å². The summed E-state index contributed by atoms with van der Waals surface area (Å²) in [4.78, 5) is 3.32. The Labute approximate surface area is 123 Å². The molecule has 1 unspecified atom stereocenters. The van der Waals surface area contributed by atoms with Crippen molar-refractivity contribution in [2.75, 3.05) is 7.11 Å². The van der Waals surface area contributed by atoms with Crippen molar-refractivity contribution < 1.29 is 4.74 Å². The van der Waals surface area contributed by atoms with Crippen LogP contribution in [0.5, 0.6) is 0 Å². The van der Waals surface area contributed by atoms with Crippen molar-refractivity contribution in [1.82, 2.24) is 0 Å². The van der Waals surface area contributed by atoms with Gasteiger partial charge in [0.2, 0.25) is 0 Å². The molecule has 0 aromatic carbocycles. The van der Waals surface area contributed by atoms with Gasteiger partial charge in [0.25, 0.3) is 0 Å². The molecule has 1 fully saturated rings. The molecule has 1 aliphatic carbocycles. The van der Waals surface area contributed by atoms with Crippen LogP contribution in [0, 0.1) is 0 Å². The van der Waals surface area contributed by atoms with Gasteiger partial charge in [-0.05, 0) is 43.2 Å². The Morgan fingerprint density at radius 2 is 2.06 bits per heavy atom. The van der Waals surface area contributed by atoms with E-state index in [2.05, 4.69) is 48.8 Å². The van der Waals surface area contributed by atoms with Crippen molar-refractivity contribution >= 4 is 27.3 Å². The van der Waals surface area contributed by atoms with Gasteiger partial charge in [0.15, 0.2) is 0 Å². The molecule has 2 rings (SSSR count). The molecule has 0 radical (unpaired) electrons. The van der Waals surface area contributed by atoms with Crippen molar-refractivity contribution in [3.8, 4) is 0 Å². The fourth-order valence-electron chi connectivity index (χ4n) is 2.41. The lowest BCUT2D eigenvalue weighted by molar-refractivity contribution is -0.0772. The summed E-state index contributed by atoms with van der Waals surface area (Å²) in [5.74, 6) is 0. The number of thiophene rings is 1. The fourth-order valence-corrected chi connectivity index (χ4v) is 4.48. The first-order chi connectivity index (χ1) is 8.36. The topological polar surface area (TPSA) is 9.23 Å². The zero-order chi connectivity index (χ0) is 13.4. The first-order valence-electron chi connectivity index (χ1n) is 6.66. The number of rotatable bonds is 4. The van der Waals surface area contributed by atoms with E-state index in [0.717, 1.165) is 6.42 Å². The monoisotopic (exact) mass is 330 g/mol. The lowest BCUT2D eigenvalue weighted by Crippen LogP contribution is -2.39. The van der Waals surface area contributed by atoms with E-state index in [0.29, 0.717) is 4.83 Å². The Kier molecular flexibility index (Phi) is 4.25. The fraction of sp³-hybridized carbons (Fsp3) is 0.733. The normalized spacial score (nSPS) is 20.5. The first-order valence-corrected chi connectivity index (χ1v) is 8.39. The van der Waals surface area contributed by atoms with Gasteiger partial charge in [-0.3, -0.25) is 0 Å². The van der Waals surface area contributed by atoms with Gasteiger partial charge in [-0.15, -0.1) is 11.3 Å². The molecule has 0 spiro atoms. The molecule has 1 aliphatic rings. The highest BCUT2D eigenvalue weighted by molar-refractivity contribution is 9.09. The predicted octanol–water partition coefficient (Wildman–Crippen LogP) is 5.44. The second-order valence-corrected chi connectivity index (χ2v) is 8.59. The van der Waals surface area contributed by atoms with Crippen LogP contribution in [0.4, 0.5) is 0 Å². The van der Waals surface area contributed by atoms with Gasteiger partial charge in [-0.2, -0.15) is 0 Å². The summed E-state index contributed by atoms with van der Waals surface area (Å²) >= 11 is 5.78. The van der Waals surface area contributed by atoms with Crippen LogP contribution in [0.25, 0.3) is 0 Å². The lowest BCUT2D eigenvalue weighted by Gasteiger charge is -2.41. The van der Waals surface area contributed by atoms with E-state index < -0.39 is 0 Å². The number of halogens is 1. The minimum absolute atomic E-state index is 0.139. The third kappa shape index (κ3) is 3.00. The van der Waals surface area contributed by atoms with Gasteiger partial charge >= 0.3 is 0 Å². The van der Waals surface area contributed by atoms with Crippen LogP contribution in [0.15, 0.2) is 12.1 Å². The second kappa shape index (κ2) is 5.26. The maximum absolute atomic E-state index is 5.71. The number of ether oxygens (including phenoxy) is 1. The molecule has 1 heterocycles. The lowest BCUT2D eigenvalue weighted by atomic mass is 9.76. The van der Waals surface area contributed by atoms with Gasteiger partial charge in [-0.25, -0.2) is 0 Å². The van der Waals surface area contributed by atoms with Crippen molar-refractivity contribution in [1.29, 1.82) is 0 Å². The molecule has 1 saturated carbocycles. The van der Waals surface area contributed by atoms with Crippen LogP contribution in [0.3, 0.4) is 0 Å². The average Bonchev–Trinajstić information content (AvgIpc) is 2.71. The van der Waals surface area contributed by atoms with Crippen LogP contribution < -0.4 is 0 Å². The summed E-state index contributed by atoms with van der Waals surface area (Å²) in [6.45, 7) is 6.82. The highest BCUT2D eigenvalue weighted by Crippen LogP contribution is 2.46. The highest BCUT2D eigenvalue weighted by Gasteiger charge is 2.39. The Morgan fingerprint density at radius 3 is 2.44 bits per heavy atom. The predicted molar refractivity (Wildman–Crippen MR) is 82.9 cm³/mol. The van der Waals surface area contributed by atoms with E-state index in [-0.39, 0.29) is 11.0 Å². The summed E-state index contributed by atoms with van der Waals surface area (Å²) in [6.07, 6.45) is 4.82. The van der Waals surface area contributed by atoms with Crippen molar-refractivity contribution in [3.63, 3.8) is 0 Å². The molecule has 0 N–H and O–H groups in total. The average molecular weight is 331 g/mol. The van der Waals surface area contributed by atoms with E-state index >= 15 is 0 Å². The molecule has 18 heavy (non-hydrogen) atoms.